The van der Waals surface area contributed by atoms with Crippen molar-refractivity contribution in [3.05, 3.63) is 38.9 Å². The van der Waals surface area contributed by atoms with E-state index in [4.69, 9.17) is 16.7 Å². The van der Waals surface area contributed by atoms with E-state index in [-0.39, 0.29) is 12.1 Å². The van der Waals surface area contributed by atoms with E-state index < -0.39 is 10.9 Å². The second kappa shape index (κ2) is 5.46. The number of hydrogen-bond donors (Lipinski definition) is 1. The summed E-state index contributed by atoms with van der Waals surface area (Å²) in [4.78, 5) is 20.5. The molecule has 0 fully saturated rings. The standard InChI is InChI=1S/C10H10ClNO4/c11-8-5-4-7(2-1-3-10(13)14)9(6-8)12(15)16/h4-6H,1-3H2,(H,13,14). The highest BCUT2D eigenvalue weighted by molar-refractivity contribution is 6.30. The molecule has 0 saturated carbocycles. The number of benzene rings is 1. The number of halogens is 1. The number of carboxylic acid groups (broad SMARTS) is 1. The quantitative estimate of drug-likeness (QED) is 0.637. The third-order valence-electron chi connectivity index (χ3n) is 2.08. The van der Waals surface area contributed by atoms with Crippen LogP contribution in [0.1, 0.15) is 18.4 Å². The van der Waals surface area contributed by atoms with Gasteiger partial charge in [-0.25, -0.2) is 0 Å². The molecule has 0 atom stereocenters. The molecule has 0 saturated heterocycles. The van der Waals surface area contributed by atoms with Crippen LogP contribution in [0.25, 0.3) is 0 Å². The average Bonchev–Trinajstić information content (AvgIpc) is 2.19. The molecule has 6 heteroatoms. The van der Waals surface area contributed by atoms with Crippen LogP contribution < -0.4 is 0 Å². The molecule has 0 unspecified atom stereocenters. The van der Waals surface area contributed by atoms with Crippen molar-refractivity contribution in [1.82, 2.24) is 0 Å². The average molecular weight is 244 g/mol. The maximum Gasteiger partial charge on any atom is 0.303 e. The number of carbonyl (C=O) groups is 1. The minimum atomic E-state index is -0.906. The van der Waals surface area contributed by atoms with Gasteiger partial charge in [0.25, 0.3) is 5.69 Å². The first kappa shape index (κ1) is 12.4. The van der Waals surface area contributed by atoms with Gasteiger partial charge in [0.2, 0.25) is 0 Å². The summed E-state index contributed by atoms with van der Waals surface area (Å²) in [6.07, 6.45) is 0.734. The minimum Gasteiger partial charge on any atom is -0.481 e. The van der Waals surface area contributed by atoms with Crippen molar-refractivity contribution in [3.63, 3.8) is 0 Å². The Labute approximate surface area is 96.8 Å². The summed E-state index contributed by atoms with van der Waals surface area (Å²) in [5.41, 5.74) is 0.452. The number of rotatable bonds is 5. The lowest BCUT2D eigenvalue weighted by Gasteiger charge is -2.02. The van der Waals surface area contributed by atoms with Crippen LogP contribution in [0.5, 0.6) is 0 Å². The SMILES string of the molecule is O=C(O)CCCc1ccc(Cl)cc1[N+](=O)[O-]. The van der Waals surface area contributed by atoms with Crippen molar-refractivity contribution in [1.29, 1.82) is 0 Å². The highest BCUT2D eigenvalue weighted by Crippen LogP contribution is 2.24. The molecule has 0 aliphatic carbocycles. The van der Waals surface area contributed by atoms with Gasteiger partial charge in [0, 0.05) is 23.1 Å². The monoisotopic (exact) mass is 243 g/mol. The van der Waals surface area contributed by atoms with E-state index in [0.717, 1.165) is 0 Å². The number of aryl methyl sites for hydroxylation is 1. The Balaban J connectivity index is 2.78. The molecule has 0 aliphatic rings. The first-order chi connectivity index (χ1) is 7.50. The predicted molar refractivity (Wildman–Crippen MR) is 58.7 cm³/mol. The van der Waals surface area contributed by atoms with Crippen molar-refractivity contribution >= 4 is 23.3 Å². The lowest BCUT2D eigenvalue weighted by molar-refractivity contribution is -0.385. The van der Waals surface area contributed by atoms with Gasteiger partial charge in [-0.1, -0.05) is 17.7 Å². The van der Waals surface area contributed by atoms with E-state index in [1.165, 1.54) is 6.07 Å². The van der Waals surface area contributed by atoms with Gasteiger partial charge in [0.15, 0.2) is 0 Å². The Morgan fingerprint density at radius 1 is 1.50 bits per heavy atom. The molecule has 5 nitrogen and oxygen atoms in total. The van der Waals surface area contributed by atoms with E-state index in [1.807, 2.05) is 0 Å². The van der Waals surface area contributed by atoms with Gasteiger partial charge in [-0.05, 0) is 18.9 Å². The highest BCUT2D eigenvalue weighted by Gasteiger charge is 2.14. The van der Waals surface area contributed by atoms with Crippen molar-refractivity contribution in [2.45, 2.75) is 19.3 Å². The number of hydrogen-bond acceptors (Lipinski definition) is 3. The number of nitro benzene ring substituents is 1. The fourth-order valence-electron chi connectivity index (χ4n) is 1.35. The van der Waals surface area contributed by atoms with E-state index >= 15 is 0 Å². The molecule has 1 N–H and O–H groups in total. The van der Waals surface area contributed by atoms with Crippen LogP contribution in [0.3, 0.4) is 0 Å². The number of nitro groups is 1. The van der Waals surface area contributed by atoms with E-state index in [0.29, 0.717) is 23.4 Å². The second-order valence-corrected chi connectivity index (χ2v) is 3.71. The fourth-order valence-corrected chi connectivity index (χ4v) is 1.51. The predicted octanol–water partition coefficient (Wildman–Crippen LogP) is 2.66. The molecule has 0 spiro atoms. The van der Waals surface area contributed by atoms with Crippen LogP contribution in [0.4, 0.5) is 5.69 Å². The lowest BCUT2D eigenvalue weighted by Crippen LogP contribution is -1.99. The van der Waals surface area contributed by atoms with Crippen molar-refractivity contribution in [2.75, 3.05) is 0 Å². The third kappa shape index (κ3) is 3.51. The molecule has 0 aliphatic heterocycles. The molecule has 86 valence electrons. The zero-order chi connectivity index (χ0) is 12.1. The summed E-state index contributed by atoms with van der Waals surface area (Å²) in [7, 11) is 0. The van der Waals surface area contributed by atoms with E-state index in [2.05, 4.69) is 0 Å². The van der Waals surface area contributed by atoms with E-state index in [9.17, 15) is 14.9 Å². The van der Waals surface area contributed by atoms with Crippen molar-refractivity contribution in [3.8, 4) is 0 Å². The molecule has 1 rings (SSSR count). The van der Waals surface area contributed by atoms with Crippen LogP contribution in [0.15, 0.2) is 18.2 Å². The maximum absolute atomic E-state index is 10.7. The van der Waals surface area contributed by atoms with Gasteiger partial charge in [-0.3, -0.25) is 14.9 Å². The maximum atomic E-state index is 10.7. The summed E-state index contributed by atoms with van der Waals surface area (Å²) in [6.45, 7) is 0. The van der Waals surface area contributed by atoms with Crippen molar-refractivity contribution in [2.24, 2.45) is 0 Å². The summed E-state index contributed by atoms with van der Waals surface area (Å²) < 4.78 is 0. The number of nitrogens with zero attached hydrogens (tertiary/aromatic N) is 1. The molecular formula is C10H10ClNO4. The molecule has 0 heterocycles. The summed E-state index contributed by atoms with van der Waals surface area (Å²) in [5.74, 6) is -0.906. The highest BCUT2D eigenvalue weighted by atomic mass is 35.5. The summed E-state index contributed by atoms with van der Waals surface area (Å²) in [5, 5.41) is 19.5. The van der Waals surface area contributed by atoms with Gasteiger partial charge in [0.05, 0.1) is 4.92 Å². The molecule has 0 aromatic heterocycles. The summed E-state index contributed by atoms with van der Waals surface area (Å²) >= 11 is 5.65. The largest absolute Gasteiger partial charge is 0.481 e. The molecule has 16 heavy (non-hydrogen) atoms. The fraction of sp³-hybridized carbons (Fsp3) is 0.300. The Bertz CT molecular complexity index is 419. The van der Waals surface area contributed by atoms with E-state index in [1.54, 1.807) is 12.1 Å². The molecule has 1 aromatic carbocycles. The number of aliphatic carboxylic acids is 1. The van der Waals surface area contributed by atoms with Gasteiger partial charge in [0.1, 0.15) is 0 Å². The topological polar surface area (TPSA) is 80.4 Å². The first-order valence-corrected chi connectivity index (χ1v) is 5.03. The van der Waals surface area contributed by atoms with Gasteiger partial charge < -0.3 is 5.11 Å². The lowest BCUT2D eigenvalue weighted by atomic mass is 10.1. The molecule has 1 aromatic rings. The molecule has 0 radical (unpaired) electrons. The molecular weight excluding hydrogens is 234 g/mol. The third-order valence-corrected chi connectivity index (χ3v) is 2.32. The van der Waals surface area contributed by atoms with Crippen LogP contribution in [0, 0.1) is 10.1 Å². The van der Waals surface area contributed by atoms with Crippen LogP contribution in [0.2, 0.25) is 5.02 Å². The van der Waals surface area contributed by atoms with Gasteiger partial charge in [-0.2, -0.15) is 0 Å². The van der Waals surface area contributed by atoms with Crippen LogP contribution in [-0.4, -0.2) is 16.0 Å². The molecule has 0 amide bonds. The summed E-state index contributed by atoms with van der Waals surface area (Å²) in [6, 6.07) is 4.39. The Morgan fingerprint density at radius 3 is 2.75 bits per heavy atom. The van der Waals surface area contributed by atoms with Crippen LogP contribution in [-0.2, 0) is 11.2 Å². The van der Waals surface area contributed by atoms with Crippen LogP contribution >= 0.6 is 11.6 Å². The van der Waals surface area contributed by atoms with Gasteiger partial charge in [-0.15, -0.1) is 0 Å². The zero-order valence-corrected chi connectivity index (χ0v) is 9.11. The van der Waals surface area contributed by atoms with Crippen molar-refractivity contribution < 1.29 is 14.8 Å². The normalized spacial score (nSPS) is 10.1. The Kier molecular flexibility index (Phi) is 4.25. The molecule has 0 bridgehead atoms. The Hall–Kier alpha value is -1.62. The second-order valence-electron chi connectivity index (χ2n) is 3.28. The van der Waals surface area contributed by atoms with Gasteiger partial charge >= 0.3 is 5.97 Å². The first-order valence-electron chi connectivity index (χ1n) is 4.65. The Morgan fingerprint density at radius 2 is 2.19 bits per heavy atom. The minimum absolute atomic E-state index is 0.000218. The smallest absolute Gasteiger partial charge is 0.303 e. The zero-order valence-electron chi connectivity index (χ0n) is 8.35. The number of carboxylic acids is 1.